The number of rotatable bonds is 5. The lowest BCUT2D eigenvalue weighted by atomic mass is 10.1. The average molecular weight is 322 g/mol. The fourth-order valence-corrected chi connectivity index (χ4v) is 3.38. The molecule has 0 atom stereocenters. The first-order valence-electron chi connectivity index (χ1n) is 6.45. The monoisotopic (exact) mass is 321 g/mol. The van der Waals surface area contributed by atoms with E-state index in [1.807, 2.05) is 20.8 Å². The van der Waals surface area contributed by atoms with Gasteiger partial charge >= 0.3 is 0 Å². The van der Waals surface area contributed by atoms with Crippen molar-refractivity contribution in [3.63, 3.8) is 0 Å². The Labute approximate surface area is 123 Å². The smallest absolute Gasteiger partial charge is 0.275 e. The van der Waals surface area contributed by atoms with Gasteiger partial charge in [0.25, 0.3) is 15.0 Å². The highest BCUT2D eigenvalue weighted by molar-refractivity contribution is 8.13. The highest BCUT2D eigenvalue weighted by Gasteiger charge is 2.32. The molecule has 114 valence electrons. The SMILES string of the molecule is CCN(C(=O)c1n[nH]c(C(C)C)c1S(=O)(=O)Cl)C(C)C. The number of nitrogens with zero attached hydrogens (tertiary/aromatic N) is 2. The number of aromatic nitrogens is 2. The van der Waals surface area contributed by atoms with E-state index in [0.29, 0.717) is 12.2 Å². The summed E-state index contributed by atoms with van der Waals surface area (Å²) >= 11 is 0. The maximum absolute atomic E-state index is 12.4. The van der Waals surface area contributed by atoms with Crippen LogP contribution in [-0.4, -0.2) is 42.0 Å². The zero-order valence-electron chi connectivity index (χ0n) is 12.3. The third-order valence-electron chi connectivity index (χ3n) is 3.00. The van der Waals surface area contributed by atoms with Crippen LogP contribution < -0.4 is 0 Å². The lowest BCUT2D eigenvalue weighted by Gasteiger charge is -2.24. The molecule has 0 saturated carbocycles. The minimum Gasteiger partial charge on any atom is -0.335 e. The summed E-state index contributed by atoms with van der Waals surface area (Å²) in [5.74, 6) is -0.577. The Hall–Kier alpha value is -1.08. The normalized spacial score (nSPS) is 12.2. The fourth-order valence-electron chi connectivity index (χ4n) is 2.01. The summed E-state index contributed by atoms with van der Waals surface area (Å²) in [6, 6.07) is -0.0578. The minimum absolute atomic E-state index is 0.0578. The number of H-pyrrole nitrogens is 1. The van der Waals surface area contributed by atoms with Crippen LogP contribution in [0.5, 0.6) is 0 Å². The number of nitrogens with one attached hydrogen (secondary N) is 1. The van der Waals surface area contributed by atoms with Crippen LogP contribution in [0.4, 0.5) is 0 Å². The van der Waals surface area contributed by atoms with Crippen molar-refractivity contribution in [2.24, 2.45) is 0 Å². The van der Waals surface area contributed by atoms with Crippen molar-refractivity contribution in [1.29, 1.82) is 0 Å². The molecule has 0 unspecified atom stereocenters. The van der Waals surface area contributed by atoms with Gasteiger partial charge in [0.2, 0.25) is 0 Å². The molecule has 1 aromatic heterocycles. The molecule has 0 aliphatic rings. The Morgan fingerprint density at radius 2 is 1.90 bits per heavy atom. The van der Waals surface area contributed by atoms with Gasteiger partial charge in [-0.25, -0.2) is 8.42 Å². The molecule has 0 fully saturated rings. The summed E-state index contributed by atoms with van der Waals surface area (Å²) in [6.07, 6.45) is 0. The van der Waals surface area contributed by atoms with Crippen LogP contribution in [0, 0.1) is 0 Å². The van der Waals surface area contributed by atoms with Gasteiger partial charge in [0.15, 0.2) is 5.69 Å². The molecule has 1 amide bonds. The molecule has 1 rings (SSSR count). The van der Waals surface area contributed by atoms with Crippen LogP contribution in [0.3, 0.4) is 0 Å². The lowest BCUT2D eigenvalue weighted by Crippen LogP contribution is -2.37. The van der Waals surface area contributed by atoms with Gasteiger partial charge in [-0.05, 0) is 26.7 Å². The molecule has 0 radical (unpaired) electrons. The van der Waals surface area contributed by atoms with Gasteiger partial charge in [-0.15, -0.1) is 0 Å². The third-order valence-corrected chi connectivity index (χ3v) is 4.36. The van der Waals surface area contributed by atoms with Crippen LogP contribution in [0.2, 0.25) is 0 Å². The van der Waals surface area contributed by atoms with Gasteiger partial charge in [-0.2, -0.15) is 5.10 Å². The van der Waals surface area contributed by atoms with E-state index in [9.17, 15) is 13.2 Å². The molecular formula is C12H20ClN3O3S. The van der Waals surface area contributed by atoms with Crippen molar-refractivity contribution >= 4 is 25.6 Å². The van der Waals surface area contributed by atoms with Crippen LogP contribution >= 0.6 is 10.7 Å². The van der Waals surface area contributed by atoms with Gasteiger partial charge in [0.1, 0.15) is 4.90 Å². The van der Waals surface area contributed by atoms with E-state index in [1.165, 1.54) is 4.90 Å². The first-order valence-corrected chi connectivity index (χ1v) is 8.76. The topological polar surface area (TPSA) is 83.1 Å². The Kier molecular flexibility index (Phi) is 5.21. The number of carbonyl (C=O) groups excluding carboxylic acids is 1. The zero-order chi connectivity index (χ0) is 15.7. The molecule has 1 heterocycles. The number of aromatic amines is 1. The molecule has 8 heteroatoms. The predicted octanol–water partition coefficient (Wildman–Crippen LogP) is 2.33. The van der Waals surface area contributed by atoms with Crippen LogP contribution in [0.25, 0.3) is 0 Å². The average Bonchev–Trinajstić information content (AvgIpc) is 2.73. The maximum Gasteiger partial charge on any atom is 0.275 e. The van der Waals surface area contributed by atoms with E-state index in [2.05, 4.69) is 10.2 Å². The fraction of sp³-hybridized carbons (Fsp3) is 0.667. The highest BCUT2D eigenvalue weighted by Crippen LogP contribution is 2.28. The summed E-state index contributed by atoms with van der Waals surface area (Å²) in [5.41, 5.74) is 0.211. The van der Waals surface area contributed by atoms with Crippen LogP contribution in [0.15, 0.2) is 4.90 Å². The van der Waals surface area contributed by atoms with E-state index in [1.54, 1.807) is 13.8 Å². The Bertz CT molecular complexity index is 593. The number of hydrogen-bond acceptors (Lipinski definition) is 4. The quantitative estimate of drug-likeness (QED) is 0.844. The molecule has 1 aromatic rings. The number of amides is 1. The Morgan fingerprint density at radius 1 is 1.35 bits per heavy atom. The molecule has 0 saturated heterocycles. The molecule has 0 bridgehead atoms. The van der Waals surface area contributed by atoms with Crippen LogP contribution in [0.1, 0.15) is 56.7 Å². The van der Waals surface area contributed by atoms with E-state index in [-0.39, 0.29) is 22.5 Å². The summed E-state index contributed by atoms with van der Waals surface area (Å²) in [4.78, 5) is 13.8. The second kappa shape index (κ2) is 6.13. The van der Waals surface area contributed by atoms with E-state index in [0.717, 1.165) is 0 Å². The van der Waals surface area contributed by atoms with Crippen molar-refractivity contribution in [3.05, 3.63) is 11.4 Å². The van der Waals surface area contributed by atoms with Crippen molar-refractivity contribution < 1.29 is 13.2 Å². The molecule has 1 N–H and O–H groups in total. The first kappa shape index (κ1) is 17.0. The highest BCUT2D eigenvalue weighted by atomic mass is 35.7. The summed E-state index contributed by atoms with van der Waals surface area (Å²) in [6.45, 7) is 9.59. The van der Waals surface area contributed by atoms with Crippen molar-refractivity contribution in [1.82, 2.24) is 15.1 Å². The van der Waals surface area contributed by atoms with Crippen molar-refractivity contribution in [3.8, 4) is 0 Å². The molecule has 6 nitrogen and oxygen atoms in total. The third kappa shape index (κ3) is 3.32. The Balaban J connectivity index is 3.44. The van der Waals surface area contributed by atoms with E-state index >= 15 is 0 Å². The molecule has 20 heavy (non-hydrogen) atoms. The molecule has 0 aliphatic heterocycles. The van der Waals surface area contributed by atoms with Gasteiger partial charge in [-0.3, -0.25) is 9.89 Å². The maximum atomic E-state index is 12.4. The summed E-state index contributed by atoms with van der Waals surface area (Å²) < 4.78 is 23.5. The Morgan fingerprint density at radius 3 is 2.25 bits per heavy atom. The standard InChI is InChI=1S/C12H20ClN3O3S/c1-6-16(8(4)5)12(17)10-11(20(13,18)19)9(7(2)3)14-15-10/h7-8H,6H2,1-5H3,(H,14,15). The first-order chi connectivity index (χ1) is 9.11. The molecular weight excluding hydrogens is 302 g/mol. The summed E-state index contributed by atoms with van der Waals surface area (Å²) in [7, 11) is 1.42. The van der Waals surface area contributed by atoms with Gasteiger partial charge in [0.05, 0.1) is 5.69 Å². The predicted molar refractivity (Wildman–Crippen MR) is 77.6 cm³/mol. The van der Waals surface area contributed by atoms with Crippen LogP contribution in [-0.2, 0) is 9.05 Å². The second-order valence-electron chi connectivity index (χ2n) is 5.09. The van der Waals surface area contributed by atoms with Crippen molar-refractivity contribution in [2.45, 2.75) is 51.5 Å². The minimum atomic E-state index is -4.05. The van der Waals surface area contributed by atoms with Gasteiger partial charge in [0, 0.05) is 23.3 Å². The number of hydrogen-bond donors (Lipinski definition) is 1. The summed E-state index contributed by atoms with van der Waals surface area (Å²) in [5, 5.41) is 6.49. The molecule has 0 aromatic carbocycles. The molecule has 0 aliphatic carbocycles. The number of carbonyl (C=O) groups is 1. The van der Waals surface area contributed by atoms with E-state index in [4.69, 9.17) is 10.7 Å². The zero-order valence-corrected chi connectivity index (χ0v) is 13.8. The van der Waals surface area contributed by atoms with E-state index < -0.39 is 15.0 Å². The van der Waals surface area contributed by atoms with Gasteiger partial charge < -0.3 is 4.90 Å². The molecule has 0 spiro atoms. The largest absolute Gasteiger partial charge is 0.335 e. The lowest BCUT2D eigenvalue weighted by molar-refractivity contribution is 0.0707. The number of halogens is 1. The van der Waals surface area contributed by atoms with Gasteiger partial charge in [-0.1, -0.05) is 13.8 Å². The second-order valence-corrected chi connectivity index (χ2v) is 7.60. The van der Waals surface area contributed by atoms with Crippen molar-refractivity contribution in [2.75, 3.05) is 6.54 Å².